The van der Waals surface area contributed by atoms with Crippen molar-refractivity contribution < 1.29 is 9.47 Å². The largest absolute Gasteiger partial charge is 0.492 e. The molecule has 0 atom stereocenters. The highest BCUT2D eigenvalue weighted by Crippen LogP contribution is 2.27. The molecule has 35 heavy (non-hydrogen) atoms. The van der Waals surface area contributed by atoms with E-state index < -0.39 is 0 Å². The van der Waals surface area contributed by atoms with Gasteiger partial charge in [0, 0.05) is 30.3 Å². The number of rotatable bonds is 9. The van der Waals surface area contributed by atoms with Crippen LogP contribution in [0, 0.1) is 0 Å². The van der Waals surface area contributed by atoms with E-state index in [1.165, 1.54) is 0 Å². The molecule has 0 bridgehead atoms. The van der Waals surface area contributed by atoms with Gasteiger partial charge in [0.05, 0.1) is 12.1 Å². The van der Waals surface area contributed by atoms with Crippen molar-refractivity contribution in [1.29, 1.82) is 0 Å². The summed E-state index contributed by atoms with van der Waals surface area (Å²) in [5.41, 5.74) is 2.81. The van der Waals surface area contributed by atoms with Gasteiger partial charge in [0.25, 0.3) is 0 Å². The Labute approximate surface area is 204 Å². The predicted octanol–water partition coefficient (Wildman–Crippen LogP) is 5.79. The maximum Gasteiger partial charge on any atom is 0.213 e. The fraction of sp³-hybridized carbons (Fsp3) is 0.138. The van der Waals surface area contributed by atoms with Crippen molar-refractivity contribution >= 4 is 16.7 Å². The first-order valence-electron chi connectivity index (χ1n) is 11.6. The van der Waals surface area contributed by atoms with E-state index in [9.17, 15) is 0 Å². The number of hydrogen-bond donors (Lipinski definition) is 0. The van der Waals surface area contributed by atoms with Gasteiger partial charge in [0.1, 0.15) is 24.8 Å². The van der Waals surface area contributed by atoms with Crippen LogP contribution in [0.4, 0.5) is 5.82 Å². The first-order valence-corrected chi connectivity index (χ1v) is 11.6. The SMILES string of the molecule is CN(CCOc1ccccc1)c1nc(-c2ccc(OCc3ccccc3)nc2)nc2ccccc12. The third-order valence-electron chi connectivity index (χ3n) is 5.61. The van der Waals surface area contributed by atoms with Crippen LogP contribution in [-0.4, -0.2) is 35.2 Å². The number of likely N-dealkylation sites (N-methyl/N-ethyl adjacent to an activating group) is 1. The minimum absolute atomic E-state index is 0.472. The highest BCUT2D eigenvalue weighted by atomic mass is 16.5. The molecule has 0 amide bonds. The van der Waals surface area contributed by atoms with Crippen LogP contribution >= 0.6 is 0 Å². The minimum atomic E-state index is 0.472. The molecule has 0 spiro atoms. The second-order valence-corrected chi connectivity index (χ2v) is 8.13. The Bertz CT molecular complexity index is 1380. The monoisotopic (exact) mass is 462 g/mol. The predicted molar refractivity (Wildman–Crippen MR) is 139 cm³/mol. The molecule has 0 aliphatic rings. The molecule has 0 aliphatic heterocycles. The maximum atomic E-state index is 5.88. The molecule has 0 fully saturated rings. The molecule has 6 nitrogen and oxygen atoms in total. The zero-order chi connectivity index (χ0) is 23.9. The smallest absolute Gasteiger partial charge is 0.213 e. The van der Waals surface area contributed by atoms with E-state index in [-0.39, 0.29) is 0 Å². The zero-order valence-corrected chi connectivity index (χ0v) is 19.5. The van der Waals surface area contributed by atoms with E-state index in [4.69, 9.17) is 19.4 Å². The number of benzene rings is 3. The summed E-state index contributed by atoms with van der Waals surface area (Å²) < 4.78 is 11.7. The van der Waals surface area contributed by atoms with E-state index in [1.807, 2.05) is 104 Å². The van der Waals surface area contributed by atoms with Gasteiger partial charge >= 0.3 is 0 Å². The zero-order valence-electron chi connectivity index (χ0n) is 19.5. The third kappa shape index (κ3) is 5.55. The Morgan fingerprint density at radius 1 is 0.743 bits per heavy atom. The summed E-state index contributed by atoms with van der Waals surface area (Å²) >= 11 is 0. The summed E-state index contributed by atoms with van der Waals surface area (Å²) in [6.45, 7) is 1.70. The number of para-hydroxylation sites is 2. The first kappa shape index (κ1) is 22.3. The lowest BCUT2D eigenvalue weighted by Crippen LogP contribution is -2.25. The van der Waals surface area contributed by atoms with Crippen molar-refractivity contribution in [2.24, 2.45) is 0 Å². The molecule has 3 aromatic carbocycles. The number of fused-ring (bicyclic) bond motifs is 1. The maximum absolute atomic E-state index is 5.88. The number of hydrogen-bond acceptors (Lipinski definition) is 6. The van der Waals surface area contributed by atoms with Crippen molar-refractivity contribution in [3.63, 3.8) is 0 Å². The summed E-state index contributed by atoms with van der Waals surface area (Å²) in [6.07, 6.45) is 1.76. The lowest BCUT2D eigenvalue weighted by Gasteiger charge is -2.21. The van der Waals surface area contributed by atoms with Crippen molar-refractivity contribution in [2.75, 3.05) is 25.1 Å². The number of anilines is 1. The fourth-order valence-electron chi connectivity index (χ4n) is 3.73. The number of nitrogens with zero attached hydrogens (tertiary/aromatic N) is 4. The van der Waals surface area contributed by atoms with Gasteiger partial charge in [-0.05, 0) is 35.9 Å². The summed E-state index contributed by atoms with van der Waals surface area (Å²) in [5.74, 6) is 2.90. The molecule has 6 heteroatoms. The van der Waals surface area contributed by atoms with Crippen molar-refractivity contribution in [3.05, 3.63) is 109 Å². The van der Waals surface area contributed by atoms with Crippen LogP contribution in [0.5, 0.6) is 11.6 Å². The van der Waals surface area contributed by atoms with Crippen molar-refractivity contribution in [3.8, 4) is 23.0 Å². The topological polar surface area (TPSA) is 60.4 Å². The van der Waals surface area contributed by atoms with Gasteiger partial charge in [-0.15, -0.1) is 0 Å². The quantitative estimate of drug-likeness (QED) is 0.276. The molecule has 0 N–H and O–H groups in total. The van der Waals surface area contributed by atoms with Crippen LogP contribution in [0.3, 0.4) is 0 Å². The van der Waals surface area contributed by atoms with E-state index >= 15 is 0 Å². The third-order valence-corrected chi connectivity index (χ3v) is 5.61. The average molecular weight is 463 g/mol. The number of aromatic nitrogens is 3. The Kier molecular flexibility index (Phi) is 6.80. The normalized spacial score (nSPS) is 10.8. The van der Waals surface area contributed by atoms with Crippen LogP contribution in [0.1, 0.15) is 5.56 Å². The molecule has 0 saturated carbocycles. The molecule has 5 rings (SSSR count). The Balaban J connectivity index is 1.33. The molecule has 0 radical (unpaired) electrons. The molecular formula is C29H26N4O2. The summed E-state index contributed by atoms with van der Waals surface area (Å²) in [7, 11) is 2.02. The average Bonchev–Trinajstić information content (AvgIpc) is 2.92. The number of ether oxygens (including phenoxy) is 2. The van der Waals surface area contributed by atoms with Crippen molar-refractivity contribution in [2.45, 2.75) is 6.61 Å². The van der Waals surface area contributed by atoms with E-state index in [1.54, 1.807) is 6.20 Å². The highest BCUT2D eigenvalue weighted by Gasteiger charge is 2.13. The van der Waals surface area contributed by atoms with Gasteiger partial charge in [-0.3, -0.25) is 0 Å². The van der Waals surface area contributed by atoms with E-state index in [2.05, 4.69) is 9.88 Å². The van der Waals surface area contributed by atoms with Crippen LogP contribution in [0.2, 0.25) is 0 Å². The molecule has 0 aliphatic carbocycles. The Morgan fingerprint density at radius 2 is 1.49 bits per heavy atom. The van der Waals surface area contributed by atoms with Gasteiger partial charge in [0.2, 0.25) is 5.88 Å². The van der Waals surface area contributed by atoms with Gasteiger partial charge < -0.3 is 14.4 Å². The van der Waals surface area contributed by atoms with Gasteiger partial charge in [-0.25, -0.2) is 15.0 Å². The Morgan fingerprint density at radius 3 is 2.26 bits per heavy atom. The molecule has 0 unspecified atom stereocenters. The van der Waals surface area contributed by atoms with Crippen LogP contribution in [0.15, 0.2) is 103 Å². The highest BCUT2D eigenvalue weighted by molar-refractivity contribution is 5.90. The second kappa shape index (κ2) is 10.7. The van der Waals surface area contributed by atoms with E-state index in [0.29, 0.717) is 31.5 Å². The van der Waals surface area contributed by atoms with Gasteiger partial charge in [0.15, 0.2) is 5.82 Å². The standard InChI is InChI=1S/C29H26N4O2/c1-33(18-19-34-24-12-6-3-7-13-24)29-25-14-8-9-15-26(25)31-28(32-29)23-16-17-27(30-20-23)35-21-22-10-4-2-5-11-22/h2-17,20H,18-19,21H2,1H3. The molecule has 174 valence electrons. The molecule has 2 heterocycles. The van der Waals surface area contributed by atoms with Crippen LogP contribution in [-0.2, 0) is 6.61 Å². The lowest BCUT2D eigenvalue weighted by molar-refractivity contribution is 0.294. The fourth-order valence-corrected chi connectivity index (χ4v) is 3.73. The minimum Gasteiger partial charge on any atom is -0.492 e. The summed E-state index contributed by atoms with van der Waals surface area (Å²) in [5, 5.41) is 0.995. The molecular weight excluding hydrogens is 436 g/mol. The summed E-state index contributed by atoms with van der Waals surface area (Å²) in [4.78, 5) is 16.3. The van der Waals surface area contributed by atoms with Gasteiger partial charge in [-0.2, -0.15) is 0 Å². The molecule has 5 aromatic rings. The first-order chi connectivity index (χ1) is 17.3. The Hall–Kier alpha value is -4.45. The lowest BCUT2D eigenvalue weighted by atomic mass is 10.2. The molecule has 0 saturated heterocycles. The van der Waals surface area contributed by atoms with Crippen LogP contribution in [0.25, 0.3) is 22.3 Å². The van der Waals surface area contributed by atoms with E-state index in [0.717, 1.165) is 33.6 Å². The number of pyridine rings is 1. The molecule has 2 aromatic heterocycles. The summed E-state index contributed by atoms with van der Waals surface area (Å²) in [6, 6.07) is 31.7. The van der Waals surface area contributed by atoms with Crippen LogP contribution < -0.4 is 14.4 Å². The second-order valence-electron chi connectivity index (χ2n) is 8.13. The van der Waals surface area contributed by atoms with Crippen molar-refractivity contribution in [1.82, 2.24) is 15.0 Å². The van der Waals surface area contributed by atoms with Gasteiger partial charge in [-0.1, -0.05) is 60.7 Å².